The van der Waals surface area contributed by atoms with E-state index < -0.39 is 5.60 Å². The zero-order valence-electron chi connectivity index (χ0n) is 12.5. The lowest BCUT2D eigenvalue weighted by Gasteiger charge is -2.36. The molecule has 21 heavy (non-hydrogen) atoms. The van der Waals surface area contributed by atoms with Gasteiger partial charge in [0.05, 0.1) is 12.2 Å². The number of nitrogens with zero attached hydrogens (tertiary/aromatic N) is 1. The number of benzene rings is 1. The summed E-state index contributed by atoms with van der Waals surface area (Å²) in [6.07, 6.45) is 2.91. The highest BCUT2D eigenvalue weighted by Gasteiger charge is 2.27. The number of thiocarbonyl (C=S) groups is 1. The smallest absolute Gasteiger partial charge is 0.119 e. The summed E-state index contributed by atoms with van der Waals surface area (Å²) in [7, 11) is 0. The van der Waals surface area contributed by atoms with Crippen LogP contribution in [0, 0.1) is 0 Å². The summed E-state index contributed by atoms with van der Waals surface area (Å²) in [6, 6.07) is 7.53. The molecule has 1 aromatic rings. The molecular formula is C16H24N2O2S. The summed E-state index contributed by atoms with van der Waals surface area (Å²) in [5, 5.41) is 10.1. The van der Waals surface area contributed by atoms with E-state index in [1.807, 2.05) is 31.2 Å². The number of hydrogen-bond acceptors (Lipinski definition) is 4. The Labute approximate surface area is 131 Å². The Hall–Kier alpha value is -1.17. The van der Waals surface area contributed by atoms with Crippen LogP contribution in [0.2, 0.25) is 0 Å². The van der Waals surface area contributed by atoms with E-state index in [2.05, 4.69) is 4.90 Å². The Morgan fingerprint density at radius 1 is 1.43 bits per heavy atom. The van der Waals surface area contributed by atoms with Crippen LogP contribution in [-0.4, -0.2) is 46.8 Å². The maximum Gasteiger partial charge on any atom is 0.119 e. The fourth-order valence-corrected chi connectivity index (χ4v) is 2.84. The van der Waals surface area contributed by atoms with E-state index in [0.29, 0.717) is 11.6 Å². The number of likely N-dealkylation sites (tertiary alicyclic amines) is 1. The predicted octanol–water partition coefficient (Wildman–Crippen LogP) is 1.94. The third-order valence-corrected chi connectivity index (χ3v) is 4.02. The van der Waals surface area contributed by atoms with E-state index in [9.17, 15) is 5.11 Å². The van der Waals surface area contributed by atoms with Gasteiger partial charge >= 0.3 is 0 Å². The molecule has 3 N–H and O–H groups in total. The molecule has 0 aliphatic carbocycles. The molecule has 5 heteroatoms. The van der Waals surface area contributed by atoms with Crippen molar-refractivity contribution in [2.24, 2.45) is 5.73 Å². The standard InChI is InChI=1S/C16H24N2O2S/c1-16(19)8-2-9-18(12-16)10-3-11-20-14-6-4-13(5-7-14)15(17)21/h4-7,19H,2-3,8-12H2,1H3,(H2,17,21). The maximum absolute atomic E-state index is 10.1. The first-order valence-electron chi connectivity index (χ1n) is 7.44. The average molecular weight is 308 g/mol. The molecule has 1 saturated heterocycles. The van der Waals surface area contributed by atoms with Crippen LogP contribution in [0.25, 0.3) is 0 Å². The molecule has 0 amide bonds. The van der Waals surface area contributed by atoms with Crippen LogP contribution in [0.1, 0.15) is 31.7 Å². The van der Waals surface area contributed by atoms with Gasteiger partial charge in [-0.3, -0.25) is 0 Å². The van der Waals surface area contributed by atoms with E-state index in [1.54, 1.807) is 0 Å². The van der Waals surface area contributed by atoms with Crippen LogP contribution in [-0.2, 0) is 0 Å². The van der Waals surface area contributed by atoms with Gasteiger partial charge in [0.2, 0.25) is 0 Å². The van der Waals surface area contributed by atoms with Gasteiger partial charge in [-0.25, -0.2) is 0 Å². The van der Waals surface area contributed by atoms with E-state index in [1.165, 1.54) is 0 Å². The molecule has 2 rings (SSSR count). The first-order chi connectivity index (χ1) is 9.96. The highest BCUT2D eigenvalue weighted by molar-refractivity contribution is 7.80. The van der Waals surface area contributed by atoms with E-state index >= 15 is 0 Å². The largest absolute Gasteiger partial charge is 0.494 e. The quantitative estimate of drug-likeness (QED) is 0.621. The van der Waals surface area contributed by atoms with Crippen molar-refractivity contribution in [1.29, 1.82) is 0 Å². The number of rotatable bonds is 6. The van der Waals surface area contributed by atoms with Crippen LogP contribution < -0.4 is 10.5 Å². The molecule has 0 aromatic heterocycles. The summed E-state index contributed by atoms with van der Waals surface area (Å²) in [5.41, 5.74) is 5.88. The zero-order chi connectivity index (χ0) is 15.3. The molecule has 1 aliphatic rings. The van der Waals surface area contributed by atoms with Crippen molar-refractivity contribution in [3.05, 3.63) is 29.8 Å². The fraction of sp³-hybridized carbons (Fsp3) is 0.562. The third-order valence-electron chi connectivity index (χ3n) is 3.78. The predicted molar refractivity (Wildman–Crippen MR) is 88.7 cm³/mol. The highest BCUT2D eigenvalue weighted by atomic mass is 32.1. The minimum Gasteiger partial charge on any atom is -0.494 e. The van der Waals surface area contributed by atoms with Crippen LogP contribution in [0.15, 0.2) is 24.3 Å². The van der Waals surface area contributed by atoms with Crippen molar-refractivity contribution in [2.45, 2.75) is 31.8 Å². The molecule has 1 aromatic carbocycles. The molecule has 4 nitrogen and oxygen atoms in total. The molecule has 1 aliphatic heterocycles. The SMILES string of the molecule is CC1(O)CCCN(CCCOc2ccc(C(N)=S)cc2)C1. The molecule has 1 heterocycles. The molecule has 1 fully saturated rings. The highest BCUT2D eigenvalue weighted by Crippen LogP contribution is 2.20. The third kappa shape index (κ3) is 5.26. The van der Waals surface area contributed by atoms with Crippen molar-refractivity contribution in [1.82, 2.24) is 4.90 Å². The Kier molecular flexibility index (Phi) is 5.56. The monoisotopic (exact) mass is 308 g/mol. The minimum atomic E-state index is -0.532. The molecule has 0 saturated carbocycles. The first-order valence-corrected chi connectivity index (χ1v) is 7.84. The van der Waals surface area contributed by atoms with Crippen LogP contribution in [0.5, 0.6) is 5.75 Å². The van der Waals surface area contributed by atoms with Crippen LogP contribution >= 0.6 is 12.2 Å². The van der Waals surface area contributed by atoms with Crippen molar-refractivity contribution in [3.63, 3.8) is 0 Å². The lowest BCUT2D eigenvalue weighted by molar-refractivity contribution is -0.0165. The Bertz CT molecular complexity index is 474. The van der Waals surface area contributed by atoms with Gasteiger partial charge in [0, 0.05) is 18.7 Å². The summed E-state index contributed by atoms with van der Waals surface area (Å²) in [4.78, 5) is 2.71. The summed E-state index contributed by atoms with van der Waals surface area (Å²) < 4.78 is 5.71. The Balaban J connectivity index is 1.68. The van der Waals surface area contributed by atoms with E-state index in [4.69, 9.17) is 22.7 Å². The fourth-order valence-electron chi connectivity index (χ4n) is 2.71. The Morgan fingerprint density at radius 2 is 2.14 bits per heavy atom. The molecule has 0 radical (unpaired) electrons. The van der Waals surface area contributed by atoms with Crippen molar-refractivity contribution < 1.29 is 9.84 Å². The van der Waals surface area contributed by atoms with Gasteiger partial charge in [-0.15, -0.1) is 0 Å². The van der Waals surface area contributed by atoms with E-state index in [0.717, 1.165) is 50.2 Å². The minimum absolute atomic E-state index is 0.402. The number of hydrogen-bond donors (Lipinski definition) is 2. The van der Waals surface area contributed by atoms with E-state index in [-0.39, 0.29) is 0 Å². The van der Waals surface area contributed by atoms with Gasteiger partial charge in [0.25, 0.3) is 0 Å². The number of nitrogens with two attached hydrogens (primary N) is 1. The van der Waals surface area contributed by atoms with Gasteiger partial charge in [0.1, 0.15) is 10.7 Å². The second-order valence-electron chi connectivity index (χ2n) is 5.97. The van der Waals surface area contributed by atoms with Crippen molar-refractivity contribution in [2.75, 3.05) is 26.2 Å². The molecule has 1 unspecified atom stereocenters. The number of ether oxygens (including phenoxy) is 1. The molecule has 0 bridgehead atoms. The molecule has 1 atom stereocenters. The van der Waals surface area contributed by atoms with Crippen molar-refractivity contribution in [3.8, 4) is 5.75 Å². The van der Waals surface area contributed by atoms with Crippen LogP contribution in [0.3, 0.4) is 0 Å². The number of piperidine rings is 1. The van der Waals surface area contributed by atoms with Gasteiger partial charge in [-0.1, -0.05) is 12.2 Å². The number of aliphatic hydroxyl groups is 1. The second-order valence-corrected chi connectivity index (χ2v) is 6.41. The summed E-state index contributed by atoms with van der Waals surface area (Å²) >= 11 is 4.91. The normalized spacial score (nSPS) is 23.0. The second kappa shape index (κ2) is 7.20. The number of β-amino-alcohol motifs (C(OH)–C–C–N with tert-alkyl or cyclic N) is 1. The summed E-state index contributed by atoms with van der Waals surface area (Å²) in [5.74, 6) is 0.834. The first kappa shape index (κ1) is 16.2. The summed E-state index contributed by atoms with van der Waals surface area (Å²) in [6.45, 7) is 5.37. The molecular weight excluding hydrogens is 284 g/mol. The molecule has 116 valence electrons. The van der Waals surface area contributed by atoms with Crippen molar-refractivity contribution >= 4 is 17.2 Å². The average Bonchev–Trinajstić information content (AvgIpc) is 2.43. The van der Waals surface area contributed by atoms with Gasteiger partial charge in [-0.05, 0) is 57.0 Å². The van der Waals surface area contributed by atoms with Gasteiger partial charge < -0.3 is 20.5 Å². The lowest BCUT2D eigenvalue weighted by atomic mass is 9.95. The Morgan fingerprint density at radius 3 is 2.76 bits per heavy atom. The van der Waals surface area contributed by atoms with Crippen LogP contribution in [0.4, 0.5) is 0 Å². The maximum atomic E-state index is 10.1. The molecule has 0 spiro atoms. The van der Waals surface area contributed by atoms with Gasteiger partial charge in [0.15, 0.2) is 0 Å². The topological polar surface area (TPSA) is 58.7 Å². The van der Waals surface area contributed by atoms with Gasteiger partial charge in [-0.2, -0.15) is 0 Å². The zero-order valence-corrected chi connectivity index (χ0v) is 13.4. The lowest BCUT2D eigenvalue weighted by Crippen LogP contribution is -2.46.